The minimum absolute atomic E-state index is 0.634. The number of hydrogen-bond donors (Lipinski definition) is 0. The SMILES string of the molecule is c1ccc(-c2nc(-c3cc(-n4c5ccccc5c5cc6ccccc6cc54)c4ccccc4c3)nc(-c3cccc4ccccc34)n2)cc1.c1ccc(-c2nc(-c3ccc4ccccc4c3)nc(-c3cc(-n4c5ccccc5c5cc6ccccc6cc54)c4ccccc4c3)n2)cc1.c1ccc(-c2nc(-c3ccccc3)nc(-c3cc(-n4c5ccccc5c5cc6ccccc6cc54)c4ccccc4c3)n2)cc1. The molecular formula is C131H82N12. The van der Waals surface area contributed by atoms with Gasteiger partial charge in [-0.3, -0.25) is 0 Å². The number of nitrogens with zero attached hydrogens (tertiary/aromatic N) is 12. The lowest BCUT2D eigenvalue weighted by Crippen LogP contribution is -2.02. The summed E-state index contributed by atoms with van der Waals surface area (Å²) < 4.78 is 7.22. The van der Waals surface area contributed by atoms with Gasteiger partial charge in [-0.1, -0.05) is 400 Å². The van der Waals surface area contributed by atoms with Gasteiger partial charge in [0.15, 0.2) is 52.4 Å². The highest BCUT2D eigenvalue weighted by Crippen LogP contribution is 2.45. The number of rotatable bonds is 12. The molecular weight excluding hydrogens is 1740 g/mol. The van der Waals surface area contributed by atoms with E-state index in [-0.39, 0.29) is 0 Å². The first-order chi connectivity index (χ1) is 70.8. The minimum Gasteiger partial charge on any atom is -0.309 e. The van der Waals surface area contributed by atoms with Gasteiger partial charge in [-0.2, -0.15) is 0 Å². The van der Waals surface area contributed by atoms with E-state index in [1.807, 2.05) is 97.1 Å². The van der Waals surface area contributed by atoms with Crippen LogP contribution >= 0.6 is 0 Å². The van der Waals surface area contributed by atoms with Crippen LogP contribution in [0.4, 0.5) is 0 Å². The summed E-state index contributed by atoms with van der Waals surface area (Å²) in [6.45, 7) is 0. The van der Waals surface area contributed by atoms with E-state index in [1.54, 1.807) is 0 Å². The lowest BCUT2D eigenvalue weighted by Gasteiger charge is -2.15. The van der Waals surface area contributed by atoms with E-state index in [9.17, 15) is 0 Å². The van der Waals surface area contributed by atoms with Crippen LogP contribution in [-0.4, -0.2) is 58.6 Å². The van der Waals surface area contributed by atoms with E-state index >= 15 is 0 Å². The highest BCUT2D eigenvalue weighted by Gasteiger charge is 2.26. The van der Waals surface area contributed by atoms with Gasteiger partial charge in [-0.25, -0.2) is 44.9 Å². The van der Waals surface area contributed by atoms with Crippen molar-refractivity contribution in [3.8, 4) is 120 Å². The molecule has 0 aliphatic heterocycles. The van der Waals surface area contributed by atoms with Crippen molar-refractivity contribution in [2.24, 2.45) is 0 Å². The van der Waals surface area contributed by atoms with Gasteiger partial charge in [0.25, 0.3) is 0 Å². The molecule has 0 spiro atoms. The molecule has 0 N–H and O–H groups in total. The van der Waals surface area contributed by atoms with Gasteiger partial charge in [0, 0.05) is 98.5 Å². The zero-order chi connectivity index (χ0) is 94.4. The second-order valence-electron chi connectivity index (χ2n) is 36.3. The van der Waals surface area contributed by atoms with Crippen LogP contribution in [0, 0.1) is 0 Å². The molecule has 0 saturated heterocycles. The van der Waals surface area contributed by atoms with Crippen molar-refractivity contribution in [2.75, 3.05) is 0 Å². The number of para-hydroxylation sites is 3. The Labute approximate surface area is 821 Å². The highest BCUT2D eigenvalue weighted by atomic mass is 15.1. The molecule has 12 heteroatoms. The zero-order valence-electron chi connectivity index (χ0n) is 77.2. The number of hydrogen-bond acceptors (Lipinski definition) is 9. The second-order valence-corrected chi connectivity index (χ2v) is 36.3. The summed E-state index contributed by atoms with van der Waals surface area (Å²) in [5, 5.41) is 26.2. The minimum atomic E-state index is 0.634. The van der Waals surface area contributed by atoms with Crippen molar-refractivity contribution in [3.63, 3.8) is 0 Å². The van der Waals surface area contributed by atoms with Crippen LogP contribution in [-0.2, 0) is 0 Å². The van der Waals surface area contributed by atoms with Crippen molar-refractivity contribution in [3.05, 3.63) is 497 Å². The monoisotopic (exact) mass is 1820 g/mol. The van der Waals surface area contributed by atoms with Gasteiger partial charge in [-0.05, 0) is 167 Å². The molecule has 12 nitrogen and oxygen atoms in total. The van der Waals surface area contributed by atoms with Crippen LogP contribution < -0.4 is 0 Å². The molecule has 0 bridgehead atoms. The molecule has 666 valence electrons. The average Bonchev–Trinajstić information content (AvgIpc) is 1.58. The lowest BCUT2D eigenvalue weighted by molar-refractivity contribution is 1.07. The van der Waals surface area contributed by atoms with Gasteiger partial charge in [0.1, 0.15) is 0 Å². The van der Waals surface area contributed by atoms with E-state index in [0.29, 0.717) is 52.4 Å². The maximum atomic E-state index is 5.21. The van der Waals surface area contributed by atoms with Gasteiger partial charge >= 0.3 is 0 Å². The van der Waals surface area contributed by atoms with Crippen LogP contribution in [0.2, 0.25) is 0 Å². The first kappa shape index (κ1) is 83.0. The Hall–Kier alpha value is -19.4. The first-order valence-electron chi connectivity index (χ1n) is 48.2. The molecule has 0 radical (unpaired) electrons. The summed E-state index contributed by atoms with van der Waals surface area (Å²) in [7, 11) is 0. The van der Waals surface area contributed by atoms with Crippen molar-refractivity contribution < 1.29 is 0 Å². The Morgan fingerprint density at radius 3 is 0.678 bits per heavy atom. The summed E-state index contributed by atoms with van der Waals surface area (Å²) in [4.78, 5) is 45.8. The number of benzene rings is 23. The van der Waals surface area contributed by atoms with Crippen LogP contribution in [0.1, 0.15) is 0 Å². The van der Waals surface area contributed by atoms with Crippen LogP contribution in [0.15, 0.2) is 497 Å². The molecule has 0 fully saturated rings. The fraction of sp³-hybridized carbons (Fsp3) is 0. The maximum absolute atomic E-state index is 5.21. The van der Waals surface area contributed by atoms with Gasteiger partial charge in [-0.15, -0.1) is 0 Å². The fourth-order valence-electron chi connectivity index (χ4n) is 20.9. The Bertz CT molecular complexity index is 10100. The summed E-state index contributed by atoms with van der Waals surface area (Å²) in [6, 6.07) is 175. The summed E-state index contributed by atoms with van der Waals surface area (Å²) in [5.41, 5.74) is 18.8. The van der Waals surface area contributed by atoms with Crippen LogP contribution in [0.3, 0.4) is 0 Å². The molecule has 0 atom stereocenters. The maximum Gasteiger partial charge on any atom is 0.164 e. The Morgan fingerprint density at radius 2 is 0.343 bits per heavy atom. The molecule has 6 aromatic heterocycles. The molecule has 23 aromatic carbocycles. The van der Waals surface area contributed by atoms with Crippen molar-refractivity contribution in [2.45, 2.75) is 0 Å². The largest absolute Gasteiger partial charge is 0.309 e. The molecule has 29 aromatic rings. The summed E-state index contributed by atoms with van der Waals surface area (Å²) >= 11 is 0. The number of fused-ring (bicyclic) bond motifs is 17. The predicted octanol–water partition coefficient (Wildman–Crippen LogP) is 33.1. The first-order valence-corrected chi connectivity index (χ1v) is 48.2. The smallest absolute Gasteiger partial charge is 0.164 e. The van der Waals surface area contributed by atoms with E-state index in [0.717, 1.165) is 132 Å². The van der Waals surface area contributed by atoms with Crippen molar-refractivity contribution >= 4 is 152 Å². The summed E-state index contributed by atoms with van der Waals surface area (Å²) in [6.07, 6.45) is 0. The molecule has 0 aliphatic carbocycles. The predicted molar refractivity (Wildman–Crippen MR) is 591 cm³/mol. The molecule has 0 unspecified atom stereocenters. The quantitative estimate of drug-likeness (QED) is 0.117. The molecule has 29 rings (SSSR count). The third-order valence-corrected chi connectivity index (χ3v) is 27.7. The average molecular weight is 1820 g/mol. The standard InChI is InChI=1S/2C45H28N4.C41H26N4/c1-2-14-30(15-3-1)43-46-44(48-45(47-43)38-23-12-19-29-13-6-8-20-35(29)38)34-25-33-18-7-9-21-36(33)41(28-34)49-40-24-11-10-22-37(40)39-26-31-16-4-5-17-32(31)27-42(39)49;1-2-13-30(14-3-1)43-46-44(35-23-22-29-12-4-5-15-31(29)24-35)48-45(47-43)36-25-34-18-8-9-19-37(34)41(28-36)49-40-21-11-10-20-38(40)39-26-32-16-6-7-17-33(32)27-42(39)49;1-3-13-27(14-4-1)39-42-40(28-15-5-2-6-16-28)44-41(43-39)32-23-31-19-9-10-20-33(31)37(26-32)45-36-22-12-11-21-34(36)35-24-29-17-7-8-18-30(29)25-38(35)45/h2*1-28H;1-26H. The highest BCUT2D eigenvalue weighted by molar-refractivity contribution is 6.18. The summed E-state index contributed by atoms with van der Waals surface area (Å²) in [5.74, 6) is 5.80. The Kier molecular flexibility index (Phi) is 20.3. The second kappa shape index (κ2) is 35.0. The molecule has 143 heavy (non-hydrogen) atoms. The molecule has 0 amide bonds. The van der Waals surface area contributed by atoms with Gasteiger partial charge in [0.2, 0.25) is 0 Å². The lowest BCUT2D eigenvalue weighted by atomic mass is 10.0. The van der Waals surface area contributed by atoms with E-state index in [2.05, 4.69) is 414 Å². The topological polar surface area (TPSA) is 131 Å². The van der Waals surface area contributed by atoms with Crippen molar-refractivity contribution in [1.82, 2.24) is 58.6 Å². The third kappa shape index (κ3) is 15.0. The molecule has 6 heterocycles. The molecule has 0 saturated carbocycles. The van der Waals surface area contributed by atoms with Gasteiger partial charge in [0.05, 0.1) is 50.2 Å². The molecule has 0 aliphatic rings. The van der Waals surface area contributed by atoms with E-state index in [1.165, 1.54) is 86.6 Å². The van der Waals surface area contributed by atoms with Gasteiger partial charge < -0.3 is 13.7 Å². The fourth-order valence-corrected chi connectivity index (χ4v) is 20.9. The zero-order valence-corrected chi connectivity index (χ0v) is 77.2. The Balaban J connectivity index is 0.000000107. The number of aromatic nitrogens is 12. The van der Waals surface area contributed by atoms with Crippen LogP contribution in [0.5, 0.6) is 0 Å². The Morgan fingerprint density at radius 1 is 0.112 bits per heavy atom. The normalized spacial score (nSPS) is 11.6. The van der Waals surface area contributed by atoms with Crippen LogP contribution in [0.25, 0.3) is 271 Å². The third-order valence-electron chi connectivity index (χ3n) is 27.7. The van der Waals surface area contributed by atoms with E-state index < -0.39 is 0 Å². The van der Waals surface area contributed by atoms with Crippen molar-refractivity contribution in [1.29, 1.82) is 0 Å². The van der Waals surface area contributed by atoms with E-state index in [4.69, 9.17) is 44.9 Å².